The summed E-state index contributed by atoms with van der Waals surface area (Å²) in [5, 5.41) is 8.81. The minimum atomic E-state index is -0.0889. The maximum absolute atomic E-state index is 12.3. The van der Waals surface area contributed by atoms with Crippen LogP contribution in [-0.2, 0) is 4.79 Å². The minimum Gasteiger partial charge on any atom is -0.279 e. The second kappa shape index (κ2) is 5.82. The Kier molecular flexibility index (Phi) is 3.86. The first-order valence-corrected chi connectivity index (χ1v) is 8.02. The maximum atomic E-state index is 12.3. The SMILES string of the molecule is Cc1cc(C)nc(N2C(=O)CSC2c2ccc(C#N)cc2)c1. The van der Waals surface area contributed by atoms with Gasteiger partial charge in [-0.3, -0.25) is 9.69 Å². The van der Waals surface area contributed by atoms with Crippen molar-refractivity contribution in [2.24, 2.45) is 0 Å². The number of carbonyl (C=O) groups is 1. The largest absolute Gasteiger partial charge is 0.279 e. The standard InChI is InChI=1S/C17H15N3OS/c1-11-7-12(2)19-15(8-11)20-16(21)10-22-17(20)14-5-3-13(9-18)4-6-14/h3-8,17H,10H2,1-2H3. The van der Waals surface area contributed by atoms with Crippen LogP contribution in [0.15, 0.2) is 36.4 Å². The van der Waals surface area contributed by atoms with Gasteiger partial charge in [-0.05, 0) is 49.2 Å². The molecule has 1 saturated heterocycles. The van der Waals surface area contributed by atoms with E-state index in [0.29, 0.717) is 17.1 Å². The third-order valence-corrected chi connectivity index (χ3v) is 4.74. The van der Waals surface area contributed by atoms with Gasteiger partial charge in [0.2, 0.25) is 5.91 Å². The van der Waals surface area contributed by atoms with Crippen LogP contribution in [0.1, 0.15) is 27.8 Å². The average molecular weight is 309 g/mol. The molecule has 1 atom stereocenters. The Hall–Kier alpha value is -2.32. The number of amides is 1. The van der Waals surface area contributed by atoms with Gasteiger partial charge >= 0.3 is 0 Å². The van der Waals surface area contributed by atoms with E-state index in [9.17, 15) is 4.79 Å². The molecule has 0 saturated carbocycles. The summed E-state index contributed by atoms with van der Waals surface area (Å²) in [5.41, 5.74) is 3.62. The molecule has 0 spiro atoms. The first-order valence-electron chi connectivity index (χ1n) is 6.97. The predicted octanol–water partition coefficient (Wildman–Crippen LogP) is 3.35. The van der Waals surface area contributed by atoms with Gasteiger partial charge in [0, 0.05) is 5.69 Å². The highest BCUT2D eigenvalue weighted by molar-refractivity contribution is 8.00. The quantitative estimate of drug-likeness (QED) is 0.853. The summed E-state index contributed by atoms with van der Waals surface area (Å²) in [6.45, 7) is 3.93. The van der Waals surface area contributed by atoms with Crippen molar-refractivity contribution in [1.29, 1.82) is 5.26 Å². The van der Waals surface area contributed by atoms with Gasteiger partial charge in [0.05, 0.1) is 17.4 Å². The number of carbonyl (C=O) groups excluding carboxylic acids is 1. The number of thioether (sulfide) groups is 1. The molecule has 0 radical (unpaired) electrons. The highest BCUT2D eigenvalue weighted by Crippen LogP contribution is 2.41. The van der Waals surface area contributed by atoms with Crippen LogP contribution in [0, 0.1) is 25.2 Å². The first-order chi connectivity index (χ1) is 10.6. The van der Waals surface area contributed by atoms with Crippen LogP contribution in [0.3, 0.4) is 0 Å². The van der Waals surface area contributed by atoms with Gasteiger partial charge in [0.25, 0.3) is 0 Å². The summed E-state index contributed by atoms with van der Waals surface area (Å²) in [6.07, 6.45) is 0. The van der Waals surface area contributed by atoms with E-state index in [1.54, 1.807) is 28.8 Å². The molecule has 2 aromatic rings. The molecule has 1 aliphatic heterocycles. The molecule has 0 aliphatic carbocycles. The van der Waals surface area contributed by atoms with Crippen molar-refractivity contribution in [3.8, 4) is 6.07 Å². The molecule has 22 heavy (non-hydrogen) atoms. The van der Waals surface area contributed by atoms with Gasteiger partial charge < -0.3 is 0 Å². The second-order valence-corrected chi connectivity index (χ2v) is 6.37. The smallest absolute Gasteiger partial charge is 0.239 e. The lowest BCUT2D eigenvalue weighted by molar-refractivity contribution is -0.115. The van der Waals surface area contributed by atoms with Crippen LogP contribution in [-0.4, -0.2) is 16.6 Å². The number of hydrogen-bond acceptors (Lipinski definition) is 4. The van der Waals surface area contributed by atoms with Gasteiger partial charge in [0.15, 0.2) is 0 Å². The summed E-state index contributed by atoms with van der Waals surface area (Å²) in [4.78, 5) is 18.6. The lowest BCUT2D eigenvalue weighted by Gasteiger charge is -2.24. The van der Waals surface area contributed by atoms with E-state index in [4.69, 9.17) is 5.26 Å². The lowest BCUT2D eigenvalue weighted by Crippen LogP contribution is -2.28. The summed E-state index contributed by atoms with van der Waals surface area (Å²) in [6, 6.07) is 13.4. The fourth-order valence-electron chi connectivity index (χ4n) is 2.58. The van der Waals surface area contributed by atoms with Crippen LogP contribution < -0.4 is 4.90 Å². The highest BCUT2D eigenvalue weighted by atomic mass is 32.2. The summed E-state index contributed by atoms with van der Waals surface area (Å²) >= 11 is 1.59. The van der Waals surface area contributed by atoms with Gasteiger partial charge in [-0.15, -0.1) is 11.8 Å². The molecule has 0 N–H and O–H groups in total. The lowest BCUT2D eigenvalue weighted by atomic mass is 10.1. The van der Waals surface area contributed by atoms with E-state index in [-0.39, 0.29) is 11.3 Å². The molecule has 3 rings (SSSR count). The normalized spacial score (nSPS) is 17.6. The average Bonchev–Trinajstić information content (AvgIpc) is 2.88. The van der Waals surface area contributed by atoms with E-state index in [1.165, 1.54) is 0 Å². The molecule has 2 heterocycles. The fourth-order valence-corrected chi connectivity index (χ4v) is 3.75. The molecule has 1 unspecified atom stereocenters. The van der Waals surface area contributed by atoms with Crippen molar-refractivity contribution >= 4 is 23.5 Å². The number of hydrogen-bond donors (Lipinski definition) is 0. The van der Waals surface area contributed by atoms with E-state index < -0.39 is 0 Å². The molecule has 0 bridgehead atoms. The number of rotatable bonds is 2. The molecule has 1 amide bonds. The van der Waals surface area contributed by atoms with Crippen LogP contribution in [0.25, 0.3) is 0 Å². The second-order valence-electron chi connectivity index (χ2n) is 5.30. The highest BCUT2D eigenvalue weighted by Gasteiger charge is 2.35. The van der Waals surface area contributed by atoms with Crippen molar-refractivity contribution in [2.45, 2.75) is 19.2 Å². The third kappa shape index (κ3) is 2.70. The Morgan fingerprint density at radius 1 is 1.27 bits per heavy atom. The van der Waals surface area contributed by atoms with Gasteiger partial charge in [-0.2, -0.15) is 5.26 Å². The summed E-state index contributed by atoms with van der Waals surface area (Å²) in [5.74, 6) is 1.21. The Labute approximate surface area is 133 Å². The predicted molar refractivity (Wildman–Crippen MR) is 87.6 cm³/mol. The van der Waals surface area contributed by atoms with Crippen molar-refractivity contribution in [3.63, 3.8) is 0 Å². The Morgan fingerprint density at radius 3 is 2.64 bits per heavy atom. The Bertz CT molecular complexity index is 744. The van der Waals surface area contributed by atoms with Crippen molar-refractivity contribution in [1.82, 2.24) is 4.98 Å². The third-order valence-electron chi connectivity index (χ3n) is 3.52. The molecule has 110 valence electrons. The number of nitriles is 1. The van der Waals surface area contributed by atoms with Crippen molar-refractivity contribution < 1.29 is 4.79 Å². The maximum Gasteiger partial charge on any atom is 0.239 e. The molecule has 1 aromatic carbocycles. The zero-order valence-electron chi connectivity index (χ0n) is 12.4. The van der Waals surface area contributed by atoms with Gasteiger partial charge in [-0.25, -0.2) is 4.98 Å². The van der Waals surface area contributed by atoms with E-state index in [1.807, 2.05) is 38.1 Å². The molecule has 1 aliphatic rings. The van der Waals surface area contributed by atoms with Crippen LogP contribution in [0.2, 0.25) is 0 Å². The molecule has 4 nitrogen and oxygen atoms in total. The summed E-state index contributed by atoms with van der Waals surface area (Å²) < 4.78 is 0. The van der Waals surface area contributed by atoms with Crippen LogP contribution in [0.5, 0.6) is 0 Å². The monoisotopic (exact) mass is 309 g/mol. The Balaban J connectivity index is 2.00. The summed E-state index contributed by atoms with van der Waals surface area (Å²) in [7, 11) is 0. The molecular formula is C17H15N3OS. The first kappa shape index (κ1) is 14.6. The fraction of sp³-hybridized carbons (Fsp3) is 0.235. The van der Waals surface area contributed by atoms with Gasteiger partial charge in [-0.1, -0.05) is 12.1 Å². The zero-order valence-corrected chi connectivity index (χ0v) is 13.2. The number of aryl methyl sites for hydroxylation is 2. The van der Waals surface area contributed by atoms with Crippen LogP contribution in [0.4, 0.5) is 5.82 Å². The van der Waals surface area contributed by atoms with Gasteiger partial charge in [0.1, 0.15) is 11.2 Å². The number of pyridine rings is 1. The number of benzene rings is 1. The van der Waals surface area contributed by atoms with E-state index >= 15 is 0 Å². The van der Waals surface area contributed by atoms with Crippen molar-refractivity contribution in [3.05, 3.63) is 58.8 Å². The Morgan fingerprint density at radius 2 is 2.00 bits per heavy atom. The molecule has 1 aromatic heterocycles. The minimum absolute atomic E-state index is 0.0665. The van der Waals surface area contributed by atoms with E-state index in [0.717, 1.165) is 16.8 Å². The molecular weight excluding hydrogens is 294 g/mol. The number of aromatic nitrogens is 1. The van der Waals surface area contributed by atoms with Crippen molar-refractivity contribution in [2.75, 3.05) is 10.7 Å². The topological polar surface area (TPSA) is 57.0 Å². The zero-order chi connectivity index (χ0) is 15.7. The number of anilines is 1. The van der Waals surface area contributed by atoms with Crippen LogP contribution >= 0.6 is 11.8 Å². The van der Waals surface area contributed by atoms with E-state index in [2.05, 4.69) is 11.1 Å². The molecule has 1 fully saturated rings. The molecule has 5 heteroatoms. The number of nitrogens with zero attached hydrogens (tertiary/aromatic N) is 3.